The number of carbonyl (C=O) groups excluding carboxylic acids is 1. The first-order valence-electron chi connectivity index (χ1n) is 6.53. The second-order valence-corrected chi connectivity index (χ2v) is 5.18. The van der Waals surface area contributed by atoms with Gasteiger partial charge in [0.2, 0.25) is 0 Å². The summed E-state index contributed by atoms with van der Waals surface area (Å²) in [5.74, 6) is 0.140. The fourth-order valence-corrected chi connectivity index (χ4v) is 2.26. The number of ketones is 1. The Morgan fingerprint density at radius 2 is 1.89 bits per heavy atom. The van der Waals surface area contributed by atoms with Gasteiger partial charge >= 0.3 is 0 Å². The molecule has 1 unspecified atom stereocenters. The Hall–Kier alpha value is -1.90. The molecular formula is C16H20N2O. The van der Waals surface area contributed by atoms with E-state index in [2.05, 4.69) is 4.98 Å². The molecule has 0 saturated carbocycles. The van der Waals surface area contributed by atoms with Gasteiger partial charge in [-0.25, -0.2) is 4.98 Å². The lowest BCUT2D eigenvalue weighted by Gasteiger charge is -2.16. The minimum absolute atomic E-state index is 0.140. The molecule has 100 valence electrons. The molecule has 19 heavy (non-hydrogen) atoms. The number of nitrogens with zero attached hydrogens (tertiary/aromatic N) is 2. The van der Waals surface area contributed by atoms with Crippen molar-refractivity contribution in [1.82, 2.24) is 9.55 Å². The van der Waals surface area contributed by atoms with E-state index in [9.17, 15) is 4.79 Å². The molecule has 0 amide bonds. The van der Waals surface area contributed by atoms with Gasteiger partial charge in [0.1, 0.15) is 0 Å². The number of Topliss-reactive ketones (excluding diaryl/α,β-unsaturated/α-hetero) is 1. The van der Waals surface area contributed by atoms with Gasteiger partial charge in [0.15, 0.2) is 5.78 Å². The van der Waals surface area contributed by atoms with Gasteiger partial charge in [0.25, 0.3) is 0 Å². The first-order chi connectivity index (χ1) is 8.91. The Morgan fingerprint density at radius 1 is 1.21 bits per heavy atom. The van der Waals surface area contributed by atoms with Crippen molar-refractivity contribution in [3.63, 3.8) is 0 Å². The van der Waals surface area contributed by atoms with Crippen molar-refractivity contribution in [1.29, 1.82) is 0 Å². The highest BCUT2D eigenvalue weighted by Gasteiger charge is 2.20. The molecule has 0 bridgehead atoms. The van der Waals surface area contributed by atoms with Gasteiger partial charge in [-0.3, -0.25) is 4.79 Å². The van der Waals surface area contributed by atoms with Crippen LogP contribution in [0.4, 0.5) is 0 Å². The highest BCUT2D eigenvalue weighted by molar-refractivity contribution is 6.00. The van der Waals surface area contributed by atoms with Gasteiger partial charge in [-0.05, 0) is 46.2 Å². The molecule has 3 heteroatoms. The third-order valence-corrected chi connectivity index (χ3v) is 3.74. The molecule has 0 saturated heterocycles. The van der Waals surface area contributed by atoms with Gasteiger partial charge in [-0.15, -0.1) is 0 Å². The third-order valence-electron chi connectivity index (χ3n) is 3.74. The zero-order valence-electron chi connectivity index (χ0n) is 12.2. The van der Waals surface area contributed by atoms with Crippen molar-refractivity contribution in [2.24, 2.45) is 0 Å². The molecule has 0 aliphatic rings. The summed E-state index contributed by atoms with van der Waals surface area (Å²) < 4.78 is 1.94. The Balaban J connectivity index is 2.39. The lowest BCUT2D eigenvalue weighted by atomic mass is 9.98. The zero-order valence-corrected chi connectivity index (χ0v) is 12.2. The van der Waals surface area contributed by atoms with Crippen LogP contribution in [-0.2, 0) is 0 Å². The minimum atomic E-state index is -0.221. The molecule has 1 aromatic carbocycles. The van der Waals surface area contributed by atoms with Crippen LogP contribution in [0.25, 0.3) is 0 Å². The summed E-state index contributed by atoms with van der Waals surface area (Å²) in [6.07, 6.45) is 1.75. The molecule has 2 rings (SSSR count). The fourth-order valence-electron chi connectivity index (χ4n) is 2.26. The van der Waals surface area contributed by atoms with E-state index >= 15 is 0 Å². The second-order valence-electron chi connectivity index (χ2n) is 5.18. The maximum atomic E-state index is 12.6. The molecule has 0 spiro atoms. The Bertz CT molecular complexity index is 626. The van der Waals surface area contributed by atoms with Gasteiger partial charge < -0.3 is 4.57 Å². The molecule has 0 aliphatic carbocycles. The first kappa shape index (κ1) is 13.5. The molecule has 0 aliphatic heterocycles. The maximum absolute atomic E-state index is 12.6. The zero-order chi connectivity index (χ0) is 14.2. The van der Waals surface area contributed by atoms with Crippen LogP contribution in [-0.4, -0.2) is 15.3 Å². The summed E-state index contributed by atoms with van der Waals surface area (Å²) in [6, 6.07) is 5.78. The van der Waals surface area contributed by atoms with Crippen LogP contribution in [0.15, 0.2) is 24.5 Å². The molecule has 3 nitrogen and oxygen atoms in total. The number of imidazole rings is 1. The number of aromatic nitrogens is 2. The number of aryl methyl sites for hydroxylation is 3. The molecule has 0 N–H and O–H groups in total. The molecule has 1 aromatic heterocycles. The standard InChI is InChI=1S/C16H20N2O/c1-10-6-7-11(2)15(8-10)16(19)14(5)18-9-17-12(3)13(18)4/h6-9,14H,1-5H3. The van der Waals surface area contributed by atoms with E-state index < -0.39 is 0 Å². The Morgan fingerprint density at radius 3 is 2.47 bits per heavy atom. The molecule has 2 aromatic rings. The lowest BCUT2D eigenvalue weighted by molar-refractivity contribution is 0.0933. The highest BCUT2D eigenvalue weighted by atomic mass is 16.1. The minimum Gasteiger partial charge on any atom is -0.324 e. The van der Waals surface area contributed by atoms with Gasteiger partial charge in [0.05, 0.1) is 18.1 Å². The van der Waals surface area contributed by atoms with E-state index in [-0.39, 0.29) is 11.8 Å². The maximum Gasteiger partial charge on any atom is 0.185 e. The predicted octanol–water partition coefficient (Wildman–Crippen LogP) is 3.56. The Kier molecular flexibility index (Phi) is 3.56. The largest absolute Gasteiger partial charge is 0.324 e. The normalized spacial score (nSPS) is 12.5. The number of hydrogen-bond acceptors (Lipinski definition) is 2. The quantitative estimate of drug-likeness (QED) is 0.787. The van der Waals surface area contributed by atoms with Crippen molar-refractivity contribution >= 4 is 5.78 Å². The second kappa shape index (κ2) is 5.00. The average Bonchev–Trinajstić information content (AvgIpc) is 2.71. The number of benzene rings is 1. The van der Waals surface area contributed by atoms with Crippen LogP contribution in [0.2, 0.25) is 0 Å². The van der Waals surface area contributed by atoms with Crippen LogP contribution in [0.1, 0.15) is 45.8 Å². The summed E-state index contributed by atoms with van der Waals surface area (Å²) in [7, 11) is 0. The summed E-state index contributed by atoms with van der Waals surface area (Å²) >= 11 is 0. The molecule has 0 radical (unpaired) electrons. The SMILES string of the molecule is Cc1ccc(C)c(C(=O)C(C)n2cnc(C)c2C)c1. The topological polar surface area (TPSA) is 34.9 Å². The number of hydrogen-bond donors (Lipinski definition) is 0. The van der Waals surface area contributed by atoms with Gasteiger partial charge in [0, 0.05) is 11.3 Å². The molecule has 1 heterocycles. The summed E-state index contributed by atoms with van der Waals surface area (Å²) in [6.45, 7) is 9.87. The highest BCUT2D eigenvalue weighted by Crippen LogP contribution is 2.20. The van der Waals surface area contributed by atoms with Crippen molar-refractivity contribution in [2.75, 3.05) is 0 Å². The predicted molar refractivity (Wildman–Crippen MR) is 76.7 cm³/mol. The third kappa shape index (κ3) is 2.46. The van der Waals surface area contributed by atoms with E-state index in [1.807, 2.05) is 57.4 Å². The van der Waals surface area contributed by atoms with Crippen molar-refractivity contribution in [3.8, 4) is 0 Å². The smallest absolute Gasteiger partial charge is 0.185 e. The van der Waals surface area contributed by atoms with Crippen molar-refractivity contribution in [3.05, 3.63) is 52.6 Å². The van der Waals surface area contributed by atoms with Crippen molar-refractivity contribution in [2.45, 2.75) is 40.7 Å². The first-order valence-corrected chi connectivity index (χ1v) is 6.53. The molecular weight excluding hydrogens is 236 g/mol. The summed E-state index contributed by atoms with van der Waals surface area (Å²) in [4.78, 5) is 16.9. The van der Waals surface area contributed by atoms with Crippen LogP contribution in [0.3, 0.4) is 0 Å². The van der Waals surface area contributed by atoms with E-state index in [4.69, 9.17) is 0 Å². The number of carbonyl (C=O) groups is 1. The van der Waals surface area contributed by atoms with Crippen molar-refractivity contribution < 1.29 is 4.79 Å². The van der Waals surface area contributed by atoms with Gasteiger partial charge in [-0.2, -0.15) is 0 Å². The summed E-state index contributed by atoms with van der Waals surface area (Å²) in [5, 5.41) is 0. The van der Waals surface area contributed by atoms with E-state index in [0.29, 0.717) is 0 Å². The van der Waals surface area contributed by atoms with Crippen LogP contribution < -0.4 is 0 Å². The molecule has 0 fully saturated rings. The average molecular weight is 256 g/mol. The Labute approximate surface area is 114 Å². The van der Waals surface area contributed by atoms with Crippen LogP contribution >= 0.6 is 0 Å². The lowest BCUT2D eigenvalue weighted by Crippen LogP contribution is -2.18. The fraction of sp³-hybridized carbons (Fsp3) is 0.375. The molecule has 1 atom stereocenters. The van der Waals surface area contributed by atoms with Gasteiger partial charge in [-0.1, -0.05) is 17.7 Å². The monoisotopic (exact) mass is 256 g/mol. The van der Waals surface area contributed by atoms with Crippen LogP contribution in [0.5, 0.6) is 0 Å². The van der Waals surface area contributed by atoms with E-state index in [1.54, 1.807) is 6.33 Å². The van der Waals surface area contributed by atoms with E-state index in [1.165, 1.54) is 0 Å². The summed E-state index contributed by atoms with van der Waals surface area (Å²) in [5.41, 5.74) is 4.96. The van der Waals surface area contributed by atoms with E-state index in [0.717, 1.165) is 28.1 Å². The van der Waals surface area contributed by atoms with Crippen LogP contribution in [0, 0.1) is 27.7 Å². The number of rotatable bonds is 3.